The van der Waals surface area contributed by atoms with Crippen molar-refractivity contribution >= 4 is 29.7 Å². The molecular weight excluding hydrogens is 262 g/mol. The fourth-order valence-corrected chi connectivity index (χ4v) is 1.97. The molecule has 5 nitrogen and oxygen atoms in total. The summed E-state index contributed by atoms with van der Waals surface area (Å²) >= 11 is 1.50. The van der Waals surface area contributed by atoms with E-state index in [4.69, 9.17) is 10.2 Å². The second kappa shape index (κ2) is 6.39. The fraction of sp³-hybridized carbons (Fsp3) is 0.200. The van der Waals surface area contributed by atoms with Gasteiger partial charge in [-0.3, -0.25) is 4.79 Å². The minimum atomic E-state index is -0.261. The molecule has 0 saturated carbocycles. The normalized spacial score (nSPS) is 9.71. The van der Waals surface area contributed by atoms with Crippen LogP contribution < -0.4 is 11.1 Å². The van der Waals surface area contributed by atoms with E-state index in [1.165, 1.54) is 17.7 Å². The molecular formula is C10H12ClN3O2S. The summed E-state index contributed by atoms with van der Waals surface area (Å²) in [4.78, 5) is 16.5. The van der Waals surface area contributed by atoms with E-state index >= 15 is 0 Å². The lowest BCUT2D eigenvalue weighted by atomic mass is 10.3. The van der Waals surface area contributed by atoms with Gasteiger partial charge in [0, 0.05) is 13.1 Å². The van der Waals surface area contributed by atoms with Crippen molar-refractivity contribution in [1.82, 2.24) is 10.3 Å². The molecule has 2 rings (SSSR count). The van der Waals surface area contributed by atoms with Gasteiger partial charge >= 0.3 is 0 Å². The van der Waals surface area contributed by atoms with Crippen LogP contribution in [0, 0.1) is 0 Å². The fourth-order valence-electron chi connectivity index (χ4n) is 1.26. The third-order valence-electron chi connectivity index (χ3n) is 1.96. The zero-order valence-electron chi connectivity index (χ0n) is 8.88. The van der Waals surface area contributed by atoms with E-state index < -0.39 is 0 Å². The Balaban J connectivity index is 0.00000144. The largest absolute Gasteiger partial charge is 0.442 e. The monoisotopic (exact) mass is 273 g/mol. The summed E-state index contributed by atoms with van der Waals surface area (Å²) in [5, 5.41) is 4.57. The lowest BCUT2D eigenvalue weighted by Crippen LogP contribution is -2.29. The van der Waals surface area contributed by atoms with Gasteiger partial charge in [-0.05, 0) is 11.4 Å². The number of nitrogens with two attached hydrogens (primary N) is 1. The van der Waals surface area contributed by atoms with Crippen molar-refractivity contribution in [3.05, 3.63) is 29.6 Å². The highest BCUT2D eigenvalue weighted by atomic mass is 35.5. The maximum atomic E-state index is 11.7. The molecule has 2 aromatic heterocycles. The first kappa shape index (κ1) is 13.7. The number of hydrogen-bond acceptors (Lipinski definition) is 5. The standard InChI is InChI=1S/C10H11N3O2S.ClH/c11-3-4-12-10(14)8-9(15-6-13-8)7-2-1-5-16-7;/h1-2,5-6H,3-4,11H2,(H,12,14);1H. The predicted octanol–water partition coefficient (Wildman–Crippen LogP) is 1.51. The van der Waals surface area contributed by atoms with E-state index in [9.17, 15) is 4.79 Å². The molecule has 3 N–H and O–H groups in total. The van der Waals surface area contributed by atoms with Crippen LogP contribution in [-0.2, 0) is 0 Å². The van der Waals surface area contributed by atoms with Gasteiger partial charge < -0.3 is 15.5 Å². The molecule has 7 heteroatoms. The van der Waals surface area contributed by atoms with Crippen molar-refractivity contribution in [3.8, 4) is 10.6 Å². The van der Waals surface area contributed by atoms with Gasteiger partial charge in [-0.2, -0.15) is 0 Å². The zero-order chi connectivity index (χ0) is 11.4. The molecule has 2 heterocycles. The third-order valence-corrected chi connectivity index (χ3v) is 2.83. The van der Waals surface area contributed by atoms with Crippen molar-refractivity contribution in [3.63, 3.8) is 0 Å². The topological polar surface area (TPSA) is 81.1 Å². The number of oxazole rings is 1. The number of rotatable bonds is 4. The molecule has 0 aliphatic heterocycles. The lowest BCUT2D eigenvalue weighted by Gasteiger charge is -2.00. The molecule has 0 bridgehead atoms. The van der Waals surface area contributed by atoms with Crippen LogP contribution >= 0.6 is 23.7 Å². The van der Waals surface area contributed by atoms with E-state index in [0.29, 0.717) is 24.5 Å². The lowest BCUT2D eigenvalue weighted by molar-refractivity contribution is 0.0950. The quantitative estimate of drug-likeness (QED) is 0.885. The van der Waals surface area contributed by atoms with Crippen LogP contribution in [0.3, 0.4) is 0 Å². The molecule has 0 fully saturated rings. The summed E-state index contributed by atoms with van der Waals surface area (Å²) in [5.74, 6) is 0.243. The molecule has 0 radical (unpaired) electrons. The Morgan fingerprint density at radius 2 is 2.41 bits per heavy atom. The summed E-state index contributed by atoms with van der Waals surface area (Å²) in [6, 6.07) is 3.77. The van der Waals surface area contributed by atoms with Crippen molar-refractivity contribution in [2.45, 2.75) is 0 Å². The molecule has 92 valence electrons. The Labute approximate surface area is 108 Å². The average molecular weight is 274 g/mol. The van der Waals surface area contributed by atoms with E-state index in [2.05, 4.69) is 10.3 Å². The summed E-state index contributed by atoms with van der Waals surface area (Å²) in [7, 11) is 0. The van der Waals surface area contributed by atoms with Crippen LogP contribution in [0.5, 0.6) is 0 Å². The molecule has 1 amide bonds. The van der Waals surface area contributed by atoms with E-state index in [1.807, 2.05) is 17.5 Å². The molecule has 0 saturated heterocycles. The highest BCUT2D eigenvalue weighted by Gasteiger charge is 2.18. The maximum Gasteiger partial charge on any atom is 0.274 e. The highest BCUT2D eigenvalue weighted by molar-refractivity contribution is 7.13. The molecule has 17 heavy (non-hydrogen) atoms. The van der Waals surface area contributed by atoms with Crippen molar-refractivity contribution in [2.24, 2.45) is 5.73 Å². The van der Waals surface area contributed by atoms with E-state index in [0.717, 1.165) is 4.88 Å². The van der Waals surface area contributed by atoms with Crippen molar-refractivity contribution < 1.29 is 9.21 Å². The summed E-state index contributed by atoms with van der Waals surface area (Å²) in [6.45, 7) is 0.827. The van der Waals surface area contributed by atoms with Crippen LogP contribution in [0.4, 0.5) is 0 Å². The number of amides is 1. The van der Waals surface area contributed by atoms with Gasteiger partial charge in [-0.1, -0.05) is 6.07 Å². The van der Waals surface area contributed by atoms with E-state index in [1.54, 1.807) is 0 Å². The third kappa shape index (κ3) is 3.06. The number of nitrogens with one attached hydrogen (secondary N) is 1. The molecule has 0 aliphatic rings. The van der Waals surface area contributed by atoms with Crippen molar-refractivity contribution in [1.29, 1.82) is 0 Å². The van der Waals surface area contributed by atoms with Gasteiger partial charge in [0.2, 0.25) is 0 Å². The first-order valence-corrected chi connectivity index (χ1v) is 5.66. The Bertz CT molecular complexity index is 470. The molecule has 0 aliphatic carbocycles. The smallest absolute Gasteiger partial charge is 0.274 e. The first-order valence-electron chi connectivity index (χ1n) is 4.78. The SMILES string of the molecule is Cl.NCCNC(=O)c1ncoc1-c1cccs1. The molecule has 0 spiro atoms. The number of thiophene rings is 1. The first-order chi connectivity index (χ1) is 7.83. The number of carbonyl (C=O) groups is 1. The highest BCUT2D eigenvalue weighted by Crippen LogP contribution is 2.27. The number of hydrogen-bond donors (Lipinski definition) is 2. The van der Waals surface area contributed by atoms with Crippen LogP contribution in [-0.4, -0.2) is 24.0 Å². The summed E-state index contributed by atoms with van der Waals surface area (Å²) < 4.78 is 5.22. The van der Waals surface area contributed by atoms with Crippen molar-refractivity contribution in [2.75, 3.05) is 13.1 Å². The Kier molecular flexibility index (Phi) is 5.14. The van der Waals surface area contributed by atoms with Crippen LogP contribution in [0.1, 0.15) is 10.5 Å². The van der Waals surface area contributed by atoms with Gasteiger partial charge in [-0.15, -0.1) is 23.7 Å². The predicted molar refractivity (Wildman–Crippen MR) is 68.5 cm³/mol. The van der Waals surface area contributed by atoms with Crippen LogP contribution in [0.25, 0.3) is 10.6 Å². The molecule has 0 aromatic carbocycles. The van der Waals surface area contributed by atoms with Crippen LogP contribution in [0.15, 0.2) is 28.3 Å². The Morgan fingerprint density at radius 3 is 3.06 bits per heavy atom. The summed E-state index contributed by atoms with van der Waals surface area (Å²) in [5.41, 5.74) is 5.61. The minimum absolute atomic E-state index is 0. The Hall–Kier alpha value is -1.37. The second-order valence-electron chi connectivity index (χ2n) is 3.05. The van der Waals surface area contributed by atoms with Gasteiger partial charge in [-0.25, -0.2) is 4.98 Å². The molecule has 0 unspecified atom stereocenters. The molecule has 2 aromatic rings. The number of carbonyl (C=O) groups excluding carboxylic acids is 1. The number of aromatic nitrogens is 1. The Morgan fingerprint density at radius 1 is 1.59 bits per heavy atom. The average Bonchev–Trinajstić information content (AvgIpc) is 2.94. The van der Waals surface area contributed by atoms with Gasteiger partial charge in [0.15, 0.2) is 17.8 Å². The van der Waals surface area contributed by atoms with Gasteiger partial charge in [0.1, 0.15) is 0 Å². The van der Waals surface area contributed by atoms with Gasteiger partial charge in [0.05, 0.1) is 4.88 Å². The zero-order valence-corrected chi connectivity index (χ0v) is 10.5. The number of nitrogens with zero attached hydrogens (tertiary/aromatic N) is 1. The molecule has 0 atom stereocenters. The van der Waals surface area contributed by atoms with Crippen LogP contribution in [0.2, 0.25) is 0 Å². The van der Waals surface area contributed by atoms with Gasteiger partial charge in [0.25, 0.3) is 5.91 Å². The summed E-state index contributed by atoms with van der Waals surface area (Å²) in [6.07, 6.45) is 1.27. The second-order valence-corrected chi connectivity index (χ2v) is 4.00. The van der Waals surface area contributed by atoms with E-state index in [-0.39, 0.29) is 18.3 Å². The maximum absolute atomic E-state index is 11.7. The number of halogens is 1. The minimum Gasteiger partial charge on any atom is -0.442 e.